The van der Waals surface area contributed by atoms with Crippen molar-refractivity contribution in [1.29, 1.82) is 0 Å². The molecule has 0 aliphatic carbocycles. The summed E-state index contributed by atoms with van der Waals surface area (Å²) in [6.07, 6.45) is 2.44. The van der Waals surface area contributed by atoms with Crippen molar-refractivity contribution in [2.24, 2.45) is 0 Å². The second-order valence-corrected chi connectivity index (χ2v) is 5.33. The van der Waals surface area contributed by atoms with E-state index in [4.69, 9.17) is 10.5 Å². The van der Waals surface area contributed by atoms with Gasteiger partial charge in [-0.2, -0.15) is 0 Å². The van der Waals surface area contributed by atoms with Crippen molar-refractivity contribution in [2.75, 3.05) is 37.3 Å². The Balaban J connectivity index is 2.07. The van der Waals surface area contributed by atoms with Crippen molar-refractivity contribution in [1.82, 2.24) is 4.90 Å². The van der Waals surface area contributed by atoms with Crippen LogP contribution in [-0.2, 0) is 4.74 Å². The van der Waals surface area contributed by atoms with Crippen LogP contribution in [-0.4, -0.2) is 43.2 Å². The fourth-order valence-electron chi connectivity index (χ4n) is 2.86. The summed E-state index contributed by atoms with van der Waals surface area (Å²) < 4.78 is 5.09. The quantitative estimate of drug-likeness (QED) is 0.622. The number of nitrogen functional groups attached to an aromatic ring is 1. The molecule has 1 fully saturated rings. The molecule has 0 amide bonds. The van der Waals surface area contributed by atoms with Crippen molar-refractivity contribution < 1.29 is 9.53 Å². The van der Waals surface area contributed by atoms with Crippen molar-refractivity contribution in [3.05, 3.63) is 23.8 Å². The van der Waals surface area contributed by atoms with E-state index in [0.29, 0.717) is 23.9 Å². The third kappa shape index (κ3) is 3.88. The highest BCUT2D eigenvalue weighted by Crippen LogP contribution is 2.22. The Labute approximate surface area is 126 Å². The Morgan fingerprint density at radius 1 is 1.48 bits per heavy atom. The molecule has 0 bridgehead atoms. The maximum absolute atomic E-state index is 12.0. The molecule has 5 nitrogen and oxygen atoms in total. The standard InChI is InChI=1S/C16H25N3O2/c1-3-19-9-5-6-13(19)11-18-15-8-7-12(17)10-14(15)16(20)21-4-2/h7-8,10,13,18H,3-6,9,11,17H2,1-2H3. The van der Waals surface area contributed by atoms with E-state index < -0.39 is 0 Å². The monoisotopic (exact) mass is 291 g/mol. The first-order valence-corrected chi connectivity index (χ1v) is 7.70. The first-order chi connectivity index (χ1) is 10.2. The number of benzene rings is 1. The SMILES string of the molecule is CCOC(=O)c1cc(N)ccc1NCC1CCCN1CC. The zero-order valence-electron chi connectivity index (χ0n) is 12.9. The summed E-state index contributed by atoms with van der Waals surface area (Å²) in [5.74, 6) is -0.328. The second kappa shape index (κ2) is 7.31. The molecule has 1 unspecified atom stereocenters. The lowest BCUT2D eigenvalue weighted by atomic mass is 10.1. The highest BCUT2D eigenvalue weighted by Gasteiger charge is 2.23. The van der Waals surface area contributed by atoms with Crippen LogP contribution in [0.25, 0.3) is 0 Å². The average molecular weight is 291 g/mol. The van der Waals surface area contributed by atoms with Crippen LogP contribution in [0.2, 0.25) is 0 Å². The van der Waals surface area contributed by atoms with Gasteiger partial charge in [-0.1, -0.05) is 6.92 Å². The highest BCUT2D eigenvalue weighted by atomic mass is 16.5. The number of nitrogens with one attached hydrogen (secondary N) is 1. The Morgan fingerprint density at radius 3 is 3.00 bits per heavy atom. The van der Waals surface area contributed by atoms with Gasteiger partial charge in [0.15, 0.2) is 0 Å². The number of carbonyl (C=O) groups is 1. The van der Waals surface area contributed by atoms with Gasteiger partial charge in [0.1, 0.15) is 0 Å². The topological polar surface area (TPSA) is 67.6 Å². The Bertz CT molecular complexity index is 490. The number of hydrogen-bond acceptors (Lipinski definition) is 5. The van der Waals surface area contributed by atoms with E-state index in [1.54, 1.807) is 19.1 Å². The van der Waals surface area contributed by atoms with Gasteiger partial charge in [0.2, 0.25) is 0 Å². The van der Waals surface area contributed by atoms with Gasteiger partial charge in [-0.15, -0.1) is 0 Å². The maximum atomic E-state index is 12.0. The van der Waals surface area contributed by atoms with Gasteiger partial charge < -0.3 is 15.8 Å². The van der Waals surface area contributed by atoms with Crippen LogP contribution < -0.4 is 11.1 Å². The average Bonchev–Trinajstić information content (AvgIpc) is 2.93. The summed E-state index contributed by atoms with van der Waals surface area (Å²) in [4.78, 5) is 14.5. The highest BCUT2D eigenvalue weighted by molar-refractivity contribution is 5.96. The zero-order chi connectivity index (χ0) is 15.2. The van der Waals surface area contributed by atoms with Gasteiger partial charge in [-0.25, -0.2) is 4.79 Å². The molecule has 21 heavy (non-hydrogen) atoms. The van der Waals surface area contributed by atoms with Gasteiger partial charge in [-0.3, -0.25) is 4.90 Å². The number of ether oxygens (including phenoxy) is 1. The molecule has 0 saturated carbocycles. The Hall–Kier alpha value is -1.75. The minimum absolute atomic E-state index is 0.328. The molecule has 1 atom stereocenters. The van der Waals surface area contributed by atoms with E-state index in [1.165, 1.54) is 12.8 Å². The fraction of sp³-hybridized carbons (Fsp3) is 0.562. The van der Waals surface area contributed by atoms with Crippen LogP contribution in [0.15, 0.2) is 18.2 Å². The number of carbonyl (C=O) groups excluding carboxylic acids is 1. The number of likely N-dealkylation sites (tertiary alicyclic amines) is 1. The molecule has 1 aromatic rings. The van der Waals surface area contributed by atoms with E-state index in [2.05, 4.69) is 17.1 Å². The third-order valence-electron chi connectivity index (χ3n) is 3.97. The van der Waals surface area contributed by atoms with Gasteiger partial charge in [0.05, 0.1) is 12.2 Å². The largest absolute Gasteiger partial charge is 0.462 e. The molecule has 1 aromatic carbocycles. The molecule has 0 spiro atoms. The maximum Gasteiger partial charge on any atom is 0.340 e. The number of esters is 1. The molecule has 5 heteroatoms. The molecule has 116 valence electrons. The van der Waals surface area contributed by atoms with E-state index in [9.17, 15) is 4.79 Å². The van der Waals surface area contributed by atoms with Crippen LogP contribution in [0.1, 0.15) is 37.0 Å². The van der Waals surface area contributed by atoms with E-state index in [1.807, 2.05) is 6.07 Å². The van der Waals surface area contributed by atoms with Crippen LogP contribution in [0, 0.1) is 0 Å². The van der Waals surface area contributed by atoms with Crippen LogP contribution in [0.4, 0.5) is 11.4 Å². The van der Waals surface area contributed by atoms with Crippen molar-refractivity contribution in [3.8, 4) is 0 Å². The van der Waals surface area contributed by atoms with Gasteiger partial charge >= 0.3 is 5.97 Å². The Kier molecular flexibility index (Phi) is 5.44. The van der Waals surface area contributed by atoms with Gasteiger partial charge in [0, 0.05) is 24.0 Å². The molecule has 3 N–H and O–H groups in total. The molecule has 1 saturated heterocycles. The number of likely N-dealkylation sites (N-methyl/N-ethyl adjacent to an activating group) is 1. The smallest absolute Gasteiger partial charge is 0.340 e. The summed E-state index contributed by atoms with van der Waals surface area (Å²) in [6.45, 7) is 7.41. The molecule has 1 aliphatic rings. The molecule has 0 aromatic heterocycles. The van der Waals surface area contributed by atoms with Crippen molar-refractivity contribution >= 4 is 17.3 Å². The Morgan fingerprint density at radius 2 is 2.29 bits per heavy atom. The summed E-state index contributed by atoms with van der Waals surface area (Å²) in [5.41, 5.74) is 7.66. The molecular weight excluding hydrogens is 266 g/mol. The number of anilines is 2. The van der Waals surface area contributed by atoms with Crippen molar-refractivity contribution in [3.63, 3.8) is 0 Å². The summed E-state index contributed by atoms with van der Waals surface area (Å²) in [7, 11) is 0. The number of rotatable bonds is 6. The number of hydrogen-bond donors (Lipinski definition) is 2. The molecule has 1 aliphatic heterocycles. The predicted molar refractivity (Wildman–Crippen MR) is 85.6 cm³/mol. The number of nitrogens with two attached hydrogens (primary N) is 1. The minimum Gasteiger partial charge on any atom is -0.462 e. The lowest BCUT2D eigenvalue weighted by Crippen LogP contribution is -2.34. The number of nitrogens with zero attached hydrogens (tertiary/aromatic N) is 1. The normalized spacial score (nSPS) is 18.7. The van der Waals surface area contributed by atoms with Gasteiger partial charge in [-0.05, 0) is 51.1 Å². The lowest BCUT2D eigenvalue weighted by molar-refractivity contribution is 0.0527. The van der Waals surface area contributed by atoms with Crippen LogP contribution >= 0.6 is 0 Å². The van der Waals surface area contributed by atoms with Crippen LogP contribution in [0.5, 0.6) is 0 Å². The van der Waals surface area contributed by atoms with E-state index in [-0.39, 0.29) is 5.97 Å². The van der Waals surface area contributed by atoms with Crippen molar-refractivity contribution in [2.45, 2.75) is 32.7 Å². The first kappa shape index (κ1) is 15.6. The predicted octanol–water partition coefficient (Wildman–Crippen LogP) is 2.34. The van der Waals surface area contributed by atoms with E-state index in [0.717, 1.165) is 25.3 Å². The second-order valence-electron chi connectivity index (χ2n) is 5.33. The summed E-state index contributed by atoms with van der Waals surface area (Å²) in [6, 6.07) is 5.86. The zero-order valence-corrected chi connectivity index (χ0v) is 12.9. The van der Waals surface area contributed by atoms with E-state index >= 15 is 0 Å². The summed E-state index contributed by atoms with van der Waals surface area (Å²) >= 11 is 0. The molecular formula is C16H25N3O2. The lowest BCUT2D eigenvalue weighted by Gasteiger charge is -2.24. The summed E-state index contributed by atoms with van der Waals surface area (Å²) in [5, 5.41) is 3.39. The third-order valence-corrected chi connectivity index (χ3v) is 3.97. The minimum atomic E-state index is -0.328. The molecule has 2 rings (SSSR count). The first-order valence-electron chi connectivity index (χ1n) is 7.70. The van der Waals surface area contributed by atoms with Gasteiger partial charge in [0.25, 0.3) is 0 Å². The molecule has 0 radical (unpaired) electrons. The molecule has 1 heterocycles. The fourth-order valence-corrected chi connectivity index (χ4v) is 2.86. The van der Waals surface area contributed by atoms with Crippen LogP contribution in [0.3, 0.4) is 0 Å².